The van der Waals surface area contributed by atoms with Crippen LogP contribution in [-0.4, -0.2) is 34.6 Å². The quantitative estimate of drug-likeness (QED) is 0.485. The third-order valence-corrected chi connectivity index (χ3v) is 6.32. The van der Waals surface area contributed by atoms with E-state index < -0.39 is 6.04 Å². The minimum atomic E-state index is -0.646. The Balaban J connectivity index is 2.13. The Morgan fingerprint density at radius 1 is 1.00 bits per heavy atom. The van der Waals surface area contributed by atoms with Gasteiger partial charge in [-0.3, -0.25) is 9.59 Å². The van der Waals surface area contributed by atoms with Crippen LogP contribution in [0.15, 0.2) is 42.5 Å². The molecule has 2 aromatic carbocycles. The molecule has 0 unspecified atom stereocenters. The molecule has 1 N–H and O–H groups in total. The summed E-state index contributed by atoms with van der Waals surface area (Å²) in [5.41, 5.74) is 1.70. The fraction of sp³-hybridized carbons (Fsp3) is 0.364. The molecule has 0 spiro atoms. The van der Waals surface area contributed by atoms with Gasteiger partial charge in [-0.05, 0) is 50.1 Å². The molecular formula is C22H25Cl3N2O2S. The molecule has 0 radical (unpaired) electrons. The van der Waals surface area contributed by atoms with Crippen molar-refractivity contribution in [2.45, 2.75) is 45.2 Å². The number of carbonyl (C=O) groups is 2. The van der Waals surface area contributed by atoms with Crippen LogP contribution in [0.25, 0.3) is 0 Å². The van der Waals surface area contributed by atoms with E-state index in [1.807, 2.05) is 38.1 Å². The molecule has 0 aliphatic rings. The first-order chi connectivity index (χ1) is 14.2. The molecule has 8 heteroatoms. The Kier molecular flexibility index (Phi) is 9.82. The van der Waals surface area contributed by atoms with Gasteiger partial charge in [-0.15, -0.1) is 11.8 Å². The van der Waals surface area contributed by atoms with Crippen molar-refractivity contribution in [2.75, 3.05) is 5.75 Å². The van der Waals surface area contributed by atoms with Gasteiger partial charge in [-0.1, -0.05) is 59.1 Å². The number of benzene rings is 2. The van der Waals surface area contributed by atoms with Gasteiger partial charge in [0.15, 0.2) is 0 Å². The molecule has 162 valence electrons. The van der Waals surface area contributed by atoms with E-state index in [-0.39, 0.29) is 30.2 Å². The smallest absolute Gasteiger partial charge is 0.242 e. The lowest BCUT2D eigenvalue weighted by molar-refractivity contribution is -0.138. The molecule has 0 aromatic heterocycles. The van der Waals surface area contributed by atoms with E-state index in [9.17, 15) is 9.59 Å². The van der Waals surface area contributed by atoms with Gasteiger partial charge in [0, 0.05) is 33.4 Å². The lowest BCUT2D eigenvalue weighted by atomic mass is 10.1. The maximum absolute atomic E-state index is 13.1. The third-order valence-electron chi connectivity index (χ3n) is 4.39. The molecule has 2 amide bonds. The van der Waals surface area contributed by atoms with E-state index in [1.165, 1.54) is 11.8 Å². The predicted molar refractivity (Wildman–Crippen MR) is 127 cm³/mol. The molecule has 30 heavy (non-hydrogen) atoms. The van der Waals surface area contributed by atoms with Crippen molar-refractivity contribution in [3.05, 3.63) is 68.7 Å². The Labute approximate surface area is 197 Å². The number of thioether (sulfide) groups is 1. The second-order valence-electron chi connectivity index (χ2n) is 7.18. The molecule has 0 saturated carbocycles. The number of hydrogen-bond donors (Lipinski definition) is 1. The van der Waals surface area contributed by atoms with E-state index in [0.717, 1.165) is 11.1 Å². The number of carbonyl (C=O) groups excluding carboxylic acids is 2. The van der Waals surface area contributed by atoms with Crippen LogP contribution in [0.3, 0.4) is 0 Å². The zero-order chi connectivity index (χ0) is 22.3. The fourth-order valence-corrected chi connectivity index (χ4v) is 4.43. The highest BCUT2D eigenvalue weighted by molar-refractivity contribution is 7.99. The van der Waals surface area contributed by atoms with Gasteiger partial charge in [0.05, 0.1) is 5.75 Å². The summed E-state index contributed by atoms with van der Waals surface area (Å²) < 4.78 is 0. The van der Waals surface area contributed by atoms with Crippen molar-refractivity contribution in [2.24, 2.45) is 0 Å². The molecule has 1 atom stereocenters. The van der Waals surface area contributed by atoms with E-state index in [1.54, 1.807) is 30.0 Å². The molecule has 2 aromatic rings. The van der Waals surface area contributed by atoms with Gasteiger partial charge in [0.25, 0.3) is 0 Å². The van der Waals surface area contributed by atoms with E-state index in [4.69, 9.17) is 34.8 Å². The predicted octanol–water partition coefficient (Wildman–Crippen LogP) is 5.82. The molecule has 0 heterocycles. The van der Waals surface area contributed by atoms with Crippen LogP contribution >= 0.6 is 46.6 Å². The minimum Gasteiger partial charge on any atom is -0.352 e. The van der Waals surface area contributed by atoms with E-state index >= 15 is 0 Å². The summed E-state index contributed by atoms with van der Waals surface area (Å²) in [5.74, 6) is 0.465. The number of hydrogen-bond acceptors (Lipinski definition) is 3. The Morgan fingerprint density at radius 2 is 1.70 bits per heavy atom. The molecule has 0 fully saturated rings. The molecule has 0 aliphatic heterocycles. The van der Waals surface area contributed by atoms with Crippen molar-refractivity contribution in [3.8, 4) is 0 Å². The van der Waals surface area contributed by atoms with Gasteiger partial charge >= 0.3 is 0 Å². The average molecular weight is 488 g/mol. The summed E-state index contributed by atoms with van der Waals surface area (Å²) in [6.07, 6.45) is 0. The first-order valence-electron chi connectivity index (χ1n) is 9.54. The normalized spacial score (nSPS) is 12.0. The average Bonchev–Trinajstić information content (AvgIpc) is 2.67. The SMILES string of the molecule is CC(C)NC(=O)[C@@H](C)N(Cc1ccc(Cl)cc1Cl)C(=O)CSCc1ccccc1Cl. The van der Waals surface area contributed by atoms with Crippen molar-refractivity contribution < 1.29 is 9.59 Å². The van der Waals surface area contributed by atoms with Crippen LogP contribution in [0, 0.1) is 0 Å². The maximum Gasteiger partial charge on any atom is 0.242 e. The summed E-state index contributed by atoms with van der Waals surface area (Å²) in [6.45, 7) is 5.70. The lowest BCUT2D eigenvalue weighted by Gasteiger charge is -2.29. The molecule has 0 bridgehead atoms. The van der Waals surface area contributed by atoms with Gasteiger partial charge in [0.1, 0.15) is 6.04 Å². The van der Waals surface area contributed by atoms with Crippen LogP contribution in [0.1, 0.15) is 31.9 Å². The van der Waals surface area contributed by atoms with Gasteiger partial charge in [-0.25, -0.2) is 0 Å². The zero-order valence-corrected chi connectivity index (χ0v) is 20.2. The summed E-state index contributed by atoms with van der Waals surface area (Å²) >= 11 is 19.9. The topological polar surface area (TPSA) is 49.4 Å². The van der Waals surface area contributed by atoms with E-state index in [2.05, 4.69) is 5.32 Å². The highest BCUT2D eigenvalue weighted by atomic mass is 35.5. The second kappa shape index (κ2) is 11.8. The van der Waals surface area contributed by atoms with Crippen LogP contribution in [-0.2, 0) is 21.9 Å². The number of nitrogens with zero attached hydrogens (tertiary/aromatic N) is 1. The van der Waals surface area contributed by atoms with E-state index in [0.29, 0.717) is 20.8 Å². The number of amides is 2. The fourth-order valence-electron chi connectivity index (χ4n) is 2.77. The molecule has 2 rings (SSSR count). The lowest BCUT2D eigenvalue weighted by Crippen LogP contribution is -2.49. The van der Waals surface area contributed by atoms with Crippen LogP contribution in [0.4, 0.5) is 0 Å². The summed E-state index contributed by atoms with van der Waals surface area (Å²) in [4.78, 5) is 27.2. The minimum absolute atomic E-state index is 0.0226. The Morgan fingerprint density at radius 3 is 2.33 bits per heavy atom. The number of nitrogens with one attached hydrogen (secondary N) is 1. The molecule has 0 aliphatic carbocycles. The Hall–Kier alpha value is -1.40. The first-order valence-corrected chi connectivity index (χ1v) is 11.8. The molecule has 0 saturated heterocycles. The van der Waals surface area contributed by atoms with Crippen LogP contribution < -0.4 is 5.32 Å². The monoisotopic (exact) mass is 486 g/mol. The second-order valence-corrected chi connectivity index (χ2v) is 9.42. The van der Waals surface area contributed by atoms with Crippen molar-refractivity contribution in [3.63, 3.8) is 0 Å². The van der Waals surface area contributed by atoms with Gasteiger partial charge < -0.3 is 10.2 Å². The van der Waals surface area contributed by atoms with Crippen LogP contribution in [0.2, 0.25) is 15.1 Å². The first kappa shape index (κ1) is 24.9. The standard InChI is InChI=1S/C22H25Cl3N2O2S/c1-14(2)26-22(29)15(3)27(11-16-8-9-18(23)10-20(16)25)21(28)13-30-12-17-6-4-5-7-19(17)24/h4-10,14-15H,11-13H2,1-3H3,(H,26,29)/t15-/m1/s1. The summed E-state index contributed by atoms with van der Waals surface area (Å²) in [6, 6.07) is 12.0. The summed E-state index contributed by atoms with van der Waals surface area (Å²) in [7, 11) is 0. The number of halogens is 3. The van der Waals surface area contributed by atoms with Gasteiger partial charge in [0.2, 0.25) is 11.8 Å². The maximum atomic E-state index is 13.1. The number of rotatable bonds is 9. The van der Waals surface area contributed by atoms with Crippen molar-refractivity contribution >= 4 is 58.4 Å². The summed E-state index contributed by atoms with van der Waals surface area (Å²) in [5, 5.41) is 4.51. The van der Waals surface area contributed by atoms with Crippen LogP contribution in [0.5, 0.6) is 0 Å². The zero-order valence-electron chi connectivity index (χ0n) is 17.1. The molecular weight excluding hydrogens is 463 g/mol. The molecule has 4 nitrogen and oxygen atoms in total. The van der Waals surface area contributed by atoms with Crippen molar-refractivity contribution in [1.29, 1.82) is 0 Å². The highest BCUT2D eigenvalue weighted by Crippen LogP contribution is 2.25. The van der Waals surface area contributed by atoms with Gasteiger partial charge in [-0.2, -0.15) is 0 Å². The highest BCUT2D eigenvalue weighted by Gasteiger charge is 2.27. The van der Waals surface area contributed by atoms with Crippen molar-refractivity contribution in [1.82, 2.24) is 10.2 Å². The third kappa shape index (κ3) is 7.38. The Bertz CT molecular complexity index is 892. The largest absolute Gasteiger partial charge is 0.352 e.